The van der Waals surface area contributed by atoms with Crippen LogP contribution in [0.3, 0.4) is 0 Å². The van der Waals surface area contributed by atoms with Crippen LogP contribution in [-0.2, 0) is 24.7 Å². The van der Waals surface area contributed by atoms with Crippen LogP contribution in [-0.4, -0.2) is 49.3 Å². The monoisotopic (exact) mass is 713 g/mol. The number of carbonyl (C=O) groups is 2. The molecule has 0 aliphatic heterocycles. The van der Waals surface area contributed by atoms with Gasteiger partial charge in [-0.15, -0.1) is 16.4 Å². The Balaban J connectivity index is 1.49. The molecule has 5 rings (SSSR count). The summed E-state index contributed by atoms with van der Waals surface area (Å²) in [5.41, 5.74) is 5.16. The van der Waals surface area contributed by atoms with E-state index < -0.39 is 45.9 Å². The lowest BCUT2D eigenvalue weighted by Gasteiger charge is -2.36. The zero-order valence-corrected chi connectivity index (χ0v) is 29.3. The highest BCUT2D eigenvalue weighted by atomic mass is 32.2. The van der Waals surface area contributed by atoms with Crippen molar-refractivity contribution in [3.63, 3.8) is 0 Å². The SMILES string of the molecule is CON=C(C(=O)Sc1n[nH]c(=O)c(=O)n1C(N)CC(=O)OC(C)(C)C)c1csc(NC(c2ccccc2)(c2ccccc2)c2ccccc2)n1. The second-order valence-electron chi connectivity index (χ2n) is 11.9. The number of ether oxygens (including phenoxy) is 1. The van der Waals surface area contributed by atoms with E-state index in [4.69, 9.17) is 20.3 Å². The largest absolute Gasteiger partial charge is 0.460 e. The molecule has 0 aliphatic rings. The number of thioether (sulfide) groups is 1. The average Bonchev–Trinajstić information content (AvgIpc) is 3.56. The maximum absolute atomic E-state index is 13.8. The van der Waals surface area contributed by atoms with Gasteiger partial charge in [0.25, 0.3) is 5.12 Å². The lowest BCUT2D eigenvalue weighted by Crippen LogP contribution is -2.43. The van der Waals surface area contributed by atoms with Crippen molar-refractivity contribution >= 4 is 45.0 Å². The van der Waals surface area contributed by atoms with E-state index in [-0.39, 0.29) is 16.6 Å². The fourth-order valence-electron chi connectivity index (χ4n) is 5.20. The number of hydrogen-bond acceptors (Lipinski definition) is 13. The second kappa shape index (κ2) is 15.4. The van der Waals surface area contributed by atoms with Gasteiger partial charge in [-0.05, 0) is 49.2 Å². The number of aromatic nitrogens is 4. The highest BCUT2D eigenvalue weighted by Crippen LogP contribution is 2.40. The highest BCUT2D eigenvalue weighted by Gasteiger charge is 2.37. The summed E-state index contributed by atoms with van der Waals surface area (Å²) in [6.45, 7) is 5.04. The van der Waals surface area contributed by atoms with Gasteiger partial charge in [-0.1, -0.05) is 96.2 Å². The molecule has 0 radical (unpaired) electrons. The number of nitrogens with two attached hydrogens (primary N) is 1. The lowest BCUT2D eigenvalue weighted by molar-refractivity contribution is -0.155. The molecular weight excluding hydrogens is 679 g/mol. The summed E-state index contributed by atoms with van der Waals surface area (Å²) >= 11 is 1.71. The van der Waals surface area contributed by atoms with Crippen molar-refractivity contribution in [3.8, 4) is 0 Å². The Hall–Kier alpha value is -5.38. The maximum atomic E-state index is 13.8. The van der Waals surface area contributed by atoms with Crippen molar-refractivity contribution in [3.05, 3.63) is 139 Å². The van der Waals surface area contributed by atoms with Crippen LogP contribution in [0.5, 0.6) is 0 Å². The fraction of sp³-hybridized carbons (Fsp3) is 0.229. The van der Waals surface area contributed by atoms with Gasteiger partial charge in [0.1, 0.15) is 23.9 Å². The zero-order chi connectivity index (χ0) is 35.9. The molecule has 0 saturated heterocycles. The van der Waals surface area contributed by atoms with E-state index >= 15 is 0 Å². The first-order valence-corrected chi connectivity index (χ1v) is 17.0. The summed E-state index contributed by atoms with van der Waals surface area (Å²) in [6, 6.07) is 29.8. The van der Waals surface area contributed by atoms with Gasteiger partial charge in [0.15, 0.2) is 16.0 Å². The number of anilines is 1. The Bertz CT molecular complexity index is 2000. The van der Waals surface area contributed by atoms with Crippen molar-refractivity contribution in [1.82, 2.24) is 19.7 Å². The number of nitrogens with zero attached hydrogens (tertiary/aromatic N) is 4. The van der Waals surface area contributed by atoms with Gasteiger partial charge >= 0.3 is 17.1 Å². The van der Waals surface area contributed by atoms with Crippen molar-refractivity contribution in [2.45, 2.75) is 49.7 Å². The average molecular weight is 714 g/mol. The van der Waals surface area contributed by atoms with Crippen molar-refractivity contribution in [1.29, 1.82) is 0 Å². The van der Waals surface area contributed by atoms with E-state index in [0.717, 1.165) is 21.3 Å². The second-order valence-corrected chi connectivity index (χ2v) is 13.7. The van der Waals surface area contributed by atoms with E-state index in [0.29, 0.717) is 16.9 Å². The van der Waals surface area contributed by atoms with Crippen LogP contribution >= 0.6 is 23.1 Å². The molecule has 50 heavy (non-hydrogen) atoms. The number of hydrogen-bond donors (Lipinski definition) is 3. The minimum Gasteiger partial charge on any atom is -0.460 e. The quantitative estimate of drug-likeness (QED) is 0.0409. The number of H-pyrrole nitrogens is 1. The van der Waals surface area contributed by atoms with Gasteiger partial charge in [-0.3, -0.25) is 23.7 Å². The van der Waals surface area contributed by atoms with E-state index in [2.05, 4.69) is 20.7 Å². The normalized spacial score (nSPS) is 12.6. The summed E-state index contributed by atoms with van der Waals surface area (Å²) in [5.74, 6) is -0.707. The highest BCUT2D eigenvalue weighted by molar-refractivity contribution is 8.15. The maximum Gasteiger partial charge on any atom is 0.330 e. The van der Waals surface area contributed by atoms with Crippen LogP contribution in [0.1, 0.15) is 55.7 Å². The zero-order valence-electron chi connectivity index (χ0n) is 27.7. The van der Waals surface area contributed by atoms with Gasteiger partial charge in [-0.2, -0.15) is 0 Å². The van der Waals surface area contributed by atoms with E-state index in [1.54, 1.807) is 26.2 Å². The topological polar surface area (TPSA) is 184 Å². The van der Waals surface area contributed by atoms with Crippen LogP contribution in [0.15, 0.2) is 116 Å². The third kappa shape index (κ3) is 8.07. The molecule has 0 fully saturated rings. The van der Waals surface area contributed by atoms with E-state index in [1.807, 2.05) is 91.0 Å². The molecule has 5 aromatic rings. The Labute approximate surface area is 295 Å². The number of thiazole rings is 1. The molecule has 258 valence electrons. The summed E-state index contributed by atoms with van der Waals surface area (Å²) in [7, 11) is 1.28. The third-order valence-electron chi connectivity index (χ3n) is 7.22. The van der Waals surface area contributed by atoms with Crippen LogP contribution in [0, 0.1) is 0 Å². The molecule has 0 bridgehead atoms. The molecule has 1 unspecified atom stereocenters. The van der Waals surface area contributed by atoms with Crippen LogP contribution < -0.4 is 22.2 Å². The van der Waals surface area contributed by atoms with Crippen molar-refractivity contribution < 1.29 is 19.2 Å². The molecule has 0 aliphatic carbocycles. The minimum atomic E-state index is -1.36. The van der Waals surface area contributed by atoms with Crippen LogP contribution in [0.2, 0.25) is 0 Å². The van der Waals surface area contributed by atoms with E-state index in [9.17, 15) is 19.2 Å². The van der Waals surface area contributed by atoms with E-state index in [1.165, 1.54) is 18.4 Å². The number of esters is 1. The molecule has 13 nitrogen and oxygen atoms in total. The van der Waals surface area contributed by atoms with Gasteiger partial charge in [0.2, 0.25) is 0 Å². The van der Waals surface area contributed by atoms with Gasteiger partial charge in [0.05, 0.1) is 12.6 Å². The minimum absolute atomic E-state index is 0.177. The first kappa shape index (κ1) is 35.9. The molecule has 2 aromatic heterocycles. The predicted octanol–water partition coefficient (Wildman–Crippen LogP) is 4.65. The Morgan fingerprint density at radius 2 is 1.50 bits per heavy atom. The summed E-state index contributed by atoms with van der Waals surface area (Å²) in [4.78, 5) is 61.1. The third-order valence-corrected chi connectivity index (χ3v) is 8.83. The molecule has 0 saturated carbocycles. The number of benzene rings is 3. The number of oxime groups is 1. The molecule has 4 N–H and O–H groups in total. The van der Waals surface area contributed by atoms with Crippen LogP contribution in [0.4, 0.5) is 5.13 Å². The molecule has 3 aromatic carbocycles. The smallest absolute Gasteiger partial charge is 0.330 e. The Morgan fingerprint density at radius 3 is 2.00 bits per heavy atom. The Kier molecular flexibility index (Phi) is 11.1. The van der Waals surface area contributed by atoms with Gasteiger partial charge in [0, 0.05) is 5.38 Å². The first-order valence-electron chi connectivity index (χ1n) is 15.4. The molecule has 0 spiro atoms. The summed E-state index contributed by atoms with van der Waals surface area (Å²) < 4.78 is 6.08. The predicted molar refractivity (Wildman–Crippen MR) is 192 cm³/mol. The number of rotatable bonds is 12. The van der Waals surface area contributed by atoms with Crippen molar-refractivity contribution in [2.75, 3.05) is 12.4 Å². The standard InChI is InChI=1S/C35H35N7O6S2/c1-34(2,3)48-27(43)20-26(36)42-30(45)29(44)39-40-33(42)50-31(46)28(41-47-4)25-21-49-32(37-25)38-35(22-14-8-5-9-15-22,23-16-10-6-11-17-23)24-18-12-7-13-19-24/h5-19,21,26H,20,36H2,1-4H3,(H,37,38)(H,39,44). The summed E-state index contributed by atoms with van der Waals surface area (Å²) in [5, 5.41) is 14.7. The van der Waals surface area contributed by atoms with Crippen molar-refractivity contribution in [2.24, 2.45) is 10.9 Å². The first-order chi connectivity index (χ1) is 23.9. The molecule has 2 heterocycles. The molecule has 1 atom stereocenters. The lowest BCUT2D eigenvalue weighted by atomic mass is 9.77. The number of nitrogens with one attached hydrogen (secondary N) is 2. The number of aromatic amines is 1. The fourth-order valence-corrected chi connectivity index (χ4v) is 6.76. The molecule has 0 amide bonds. The number of carbonyl (C=O) groups excluding carboxylic acids is 2. The Morgan fingerprint density at radius 1 is 0.960 bits per heavy atom. The molecular formula is C35H35N7O6S2. The van der Waals surface area contributed by atoms with Crippen LogP contribution in [0.25, 0.3) is 0 Å². The van der Waals surface area contributed by atoms with Gasteiger partial charge < -0.3 is 20.6 Å². The summed E-state index contributed by atoms with van der Waals surface area (Å²) in [6.07, 6.45) is -1.82. The van der Waals surface area contributed by atoms with Gasteiger partial charge in [-0.25, -0.2) is 10.1 Å². The molecule has 15 heteroatoms.